The molecule has 118 valence electrons. The topological polar surface area (TPSA) is 72.4 Å². The molecule has 2 aromatic heterocycles. The van der Waals surface area contributed by atoms with Crippen molar-refractivity contribution in [2.75, 3.05) is 0 Å². The van der Waals surface area contributed by atoms with Gasteiger partial charge in [-0.15, -0.1) is 0 Å². The molecule has 0 aliphatic carbocycles. The zero-order valence-corrected chi connectivity index (χ0v) is 12.7. The molecule has 2 heterocycles. The molecular formula is C17H17FN4O. The third kappa shape index (κ3) is 3.22. The van der Waals surface area contributed by atoms with Gasteiger partial charge in [0.25, 0.3) is 0 Å². The summed E-state index contributed by atoms with van der Waals surface area (Å²) in [6.45, 7) is 2.41. The zero-order chi connectivity index (χ0) is 16.4. The first-order valence-electron chi connectivity index (χ1n) is 7.25. The number of hydrogen-bond donors (Lipinski definition) is 2. The standard InChI is InChI=1S/C17H17FN4O/c1-11-2-7-15-20-8-14(22(15)10-11)9-21-16(17(19)23)12-3-5-13(18)6-4-12/h2-8,10,16,21H,9H2,1H3,(H2,19,23)/t16-/m0/s1. The zero-order valence-electron chi connectivity index (χ0n) is 12.7. The minimum absolute atomic E-state index is 0.353. The van der Waals surface area contributed by atoms with E-state index < -0.39 is 11.9 Å². The number of imidazole rings is 1. The van der Waals surface area contributed by atoms with Gasteiger partial charge in [-0.1, -0.05) is 18.2 Å². The first-order valence-corrected chi connectivity index (χ1v) is 7.25. The third-order valence-electron chi connectivity index (χ3n) is 3.71. The largest absolute Gasteiger partial charge is 0.368 e. The lowest BCUT2D eigenvalue weighted by Gasteiger charge is -2.15. The number of nitrogens with one attached hydrogen (secondary N) is 1. The number of carbonyl (C=O) groups is 1. The molecule has 0 radical (unpaired) electrons. The minimum Gasteiger partial charge on any atom is -0.368 e. The summed E-state index contributed by atoms with van der Waals surface area (Å²) in [5.41, 5.74) is 8.96. The lowest BCUT2D eigenvalue weighted by Crippen LogP contribution is -2.33. The van der Waals surface area contributed by atoms with Crippen LogP contribution in [0, 0.1) is 12.7 Å². The van der Waals surface area contributed by atoms with Crippen LogP contribution in [0.15, 0.2) is 48.8 Å². The van der Waals surface area contributed by atoms with Gasteiger partial charge in [0.15, 0.2) is 0 Å². The number of primary amides is 1. The summed E-state index contributed by atoms with van der Waals surface area (Å²) in [5, 5.41) is 3.11. The van der Waals surface area contributed by atoms with Crippen molar-refractivity contribution in [3.63, 3.8) is 0 Å². The number of hydrogen-bond acceptors (Lipinski definition) is 3. The van der Waals surface area contributed by atoms with E-state index in [-0.39, 0.29) is 5.82 Å². The van der Waals surface area contributed by atoms with Gasteiger partial charge in [-0.25, -0.2) is 9.37 Å². The third-order valence-corrected chi connectivity index (χ3v) is 3.71. The van der Waals surface area contributed by atoms with Gasteiger partial charge in [-0.3, -0.25) is 10.1 Å². The SMILES string of the molecule is Cc1ccc2ncc(CN[C@H](C(N)=O)c3ccc(F)cc3)n2c1. The van der Waals surface area contributed by atoms with Crippen LogP contribution in [-0.2, 0) is 11.3 Å². The van der Waals surface area contributed by atoms with Gasteiger partial charge in [0.2, 0.25) is 5.91 Å². The molecule has 3 N–H and O–H groups in total. The van der Waals surface area contributed by atoms with E-state index in [1.165, 1.54) is 12.1 Å². The van der Waals surface area contributed by atoms with E-state index in [1.54, 1.807) is 18.3 Å². The lowest BCUT2D eigenvalue weighted by atomic mass is 10.1. The van der Waals surface area contributed by atoms with Crippen molar-refractivity contribution < 1.29 is 9.18 Å². The molecular weight excluding hydrogens is 295 g/mol. The molecule has 0 spiro atoms. The van der Waals surface area contributed by atoms with E-state index in [1.807, 2.05) is 29.7 Å². The van der Waals surface area contributed by atoms with E-state index in [0.29, 0.717) is 12.1 Å². The number of aryl methyl sites for hydroxylation is 1. The monoisotopic (exact) mass is 312 g/mol. The van der Waals surface area contributed by atoms with E-state index in [0.717, 1.165) is 16.9 Å². The van der Waals surface area contributed by atoms with Crippen molar-refractivity contribution in [1.29, 1.82) is 0 Å². The molecule has 23 heavy (non-hydrogen) atoms. The summed E-state index contributed by atoms with van der Waals surface area (Å²) in [5.74, 6) is -0.865. The molecule has 0 aliphatic heterocycles. The molecule has 1 aromatic carbocycles. The summed E-state index contributed by atoms with van der Waals surface area (Å²) < 4.78 is 15.0. The molecule has 0 aliphatic rings. The number of nitrogens with zero attached hydrogens (tertiary/aromatic N) is 2. The van der Waals surface area contributed by atoms with Crippen molar-refractivity contribution in [2.24, 2.45) is 5.73 Å². The molecule has 1 amide bonds. The highest BCUT2D eigenvalue weighted by molar-refractivity contribution is 5.81. The van der Waals surface area contributed by atoms with Gasteiger partial charge in [-0.05, 0) is 36.2 Å². The summed E-state index contributed by atoms with van der Waals surface area (Å²) in [4.78, 5) is 16.0. The van der Waals surface area contributed by atoms with Crippen molar-refractivity contribution in [2.45, 2.75) is 19.5 Å². The Bertz CT molecular complexity index is 841. The van der Waals surface area contributed by atoms with Gasteiger partial charge in [0.1, 0.15) is 17.5 Å². The minimum atomic E-state index is -0.689. The molecule has 3 rings (SSSR count). The first-order chi connectivity index (χ1) is 11.0. The van der Waals surface area contributed by atoms with Crippen LogP contribution in [0.25, 0.3) is 5.65 Å². The number of fused-ring (bicyclic) bond motifs is 1. The maximum absolute atomic E-state index is 13.0. The molecule has 0 bridgehead atoms. The summed E-state index contributed by atoms with van der Waals surface area (Å²) in [6.07, 6.45) is 3.74. The van der Waals surface area contributed by atoms with Crippen molar-refractivity contribution in [3.05, 3.63) is 71.4 Å². The van der Waals surface area contributed by atoms with Crippen molar-refractivity contribution >= 4 is 11.6 Å². The summed E-state index contributed by atoms with van der Waals surface area (Å²) in [7, 11) is 0. The average Bonchev–Trinajstić information content (AvgIpc) is 2.91. The number of benzene rings is 1. The number of carbonyl (C=O) groups excluding carboxylic acids is 1. The van der Waals surface area contributed by atoms with Crippen LogP contribution in [0.3, 0.4) is 0 Å². The molecule has 0 unspecified atom stereocenters. The Balaban J connectivity index is 1.82. The van der Waals surface area contributed by atoms with Crippen LogP contribution < -0.4 is 11.1 Å². The van der Waals surface area contributed by atoms with Gasteiger partial charge < -0.3 is 10.1 Å². The molecule has 0 fully saturated rings. The molecule has 1 atom stereocenters. The average molecular weight is 312 g/mol. The fourth-order valence-corrected chi connectivity index (χ4v) is 2.51. The predicted molar refractivity (Wildman–Crippen MR) is 85.1 cm³/mol. The Kier molecular flexibility index (Phi) is 4.08. The summed E-state index contributed by atoms with van der Waals surface area (Å²) >= 11 is 0. The van der Waals surface area contributed by atoms with E-state index in [4.69, 9.17) is 5.73 Å². The van der Waals surface area contributed by atoms with E-state index in [2.05, 4.69) is 10.3 Å². The van der Waals surface area contributed by atoms with Crippen LogP contribution in [0.2, 0.25) is 0 Å². The molecule has 6 heteroatoms. The molecule has 5 nitrogen and oxygen atoms in total. The Hall–Kier alpha value is -2.73. The predicted octanol–water partition coefficient (Wildman–Crippen LogP) is 2.10. The fraction of sp³-hybridized carbons (Fsp3) is 0.176. The summed E-state index contributed by atoms with van der Waals surface area (Å²) in [6, 6.07) is 8.96. The Morgan fingerprint density at radius 3 is 2.74 bits per heavy atom. The second-order valence-corrected chi connectivity index (χ2v) is 5.45. The van der Waals surface area contributed by atoms with Gasteiger partial charge in [0, 0.05) is 12.7 Å². The van der Waals surface area contributed by atoms with E-state index in [9.17, 15) is 9.18 Å². The normalized spacial score (nSPS) is 12.4. The highest BCUT2D eigenvalue weighted by Gasteiger charge is 2.18. The van der Waals surface area contributed by atoms with Crippen LogP contribution in [0.1, 0.15) is 22.9 Å². The van der Waals surface area contributed by atoms with Crippen molar-refractivity contribution in [1.82, 2.24) is 14.7 Å². The molecule has 0 saturated carbocycles. The second-order valence-electron chi connectivity index (χ2n) is 5.45. The maximum atomic E-state index is 13.0. The number of amides is 1. The van der Waals surface area contributed by atoms with E-state index >= 15 is 0 Å². The Labute approximate surface area is 133 Å². The van der Waals surface area contributed by atoms with Crippen LogP contribution >= 0.6 is 0 Å². The lowest BCUT2D eigenvalue weighted by molar-refractivity contribution is -0.120. The number of pyridine rings is 1. The van der Waals surface area contributed by atoms with Gasteiger partial charge >= 0.3 is 0 Å². The van der Waals surface area contributed by atoms with Crippen molar-refractivity contribution in [3.8, 4) is 0 Å². The first kappa shape index (κ1) is 15.2. The number of rotatable bonds is 5. The number of aromatic nitrogens is 2. The van der Waals surface area contributed by atoms with Gasteiger partial charge in [0.05, 0.1) is 11.9 Å². The quantitative estimate of drug-likeness (QED) is 0.758. The molecule has 3 aromatic rings. The number of nitrogens with two attached hydrogens (primary N) is 1. The van der Waals surface area contributed by atoms with Gasteiger partial charge in [-0.2, -0.15) is 0 Å². The highest BCUT2D eigenvalue weighted by Crippen LogP contribution is 2.15. The van der Waals surface area contributed by atoms with Crippen LogP contribution in [0.5, 0.6) is 0 Å². The van der Waals surface area contributed by atoms with Crippen LogP contribution in [-0.4, -0.2) is 15.3 Å². The Morgan fingerprint density at radius 2 is 2.04 bits per heavy atom. The second kappa shape index (κ2) is 6.18. The molecule has 0 saturated heterocycles. The fourth-order valence-electron chi connectivity index (χ4n) is 2.51. The Morgan fingerprint density at radius 1 is 1.30 bits per heavy atom. The smallest absolute Gasteiger partial charge is 0.239 e. The van der Waals surface area contributed by atoms with Crippen LogP contribution in [0.4, 0.5) is 4.39 Å². The highest BCUT2D eigenvalue weighted by atomic mass is 19.1. The maximum Gasteiger partial charge on any atom is 0.239 e. The number of halogens is 1.